The van der Waals surface area contributed by atoms with Crippen LogP contribution in [0, 0.1) is 0 Å². The predicted molar refractivity (Wildman–Crippen MR) is 82.4 cm³/mol. The number of hydrogen-bond donors (Lipinski definition) is 1. The highest BCUT2D eigenvalue weighted by molar-refractivity contribution is 7.92. The number of oxazole rings is 1. The molecule has 1 aromatic heterocycles. The Balaban J connectivity index is 1.85. The third kappa shape index (κ3) is 2.89. The molecular formula is C15H14N2O4S. The number of nitrogens with zero attached hydrogens (tertiary/aromatic N) is 1. The predicted octanol–water partition coefficient (Wildman–Crippen LogP) is 3.03. The molecule has 0 bridgehead atoms. The van der Waals surface area contributed by atoms with Crippen molar-refractivity contribution in [2.24, 2.45) is 0 Å². The van der Waals surface area contributed by atoms with E-state index in [2.05, 4.69) is 9.71 Å². The quantitative estimate of drug-likeness (QED) is 0.782. The van der Waals surface area contributed by atoms with Crippen molar-refractivity contribution in [1.29, 1.82) is 0 Å². The molecule has 1 heterocycles. The van der Waals surface area contributed by atoms with E-state index in [0.29, 0.717) is 29.1 Å². The zero-order valence-electron chi connectivity index (χ0n) is 11.8. The Bertz CT molecular complexity index is 885. The monoisotopic (exact) mass is 318 g/mol. The van der Waals surface area contributed by atoms with Crippen LogP contribution in [0.2, 0.25) is 0 Å². The second-order valence-corrected chi connectivity index (χ2v) is 6.23. The number of rotatable bonds is 5. The van der Waals surface area contributed by atoms with Crippen molar-refractivity contribution in [3.8, 4) is 5.75 Å². The summed E-state index contributed by atoms with van der Waals surface area (Å²) >= 11 is 0. The molecule has 114 valence electrons. The molecule has 0 saturated heterocycles. The van der Waals surface area contributed by atoms with Crippen LogP contribution in [0.3, 0.4) is 0 Å². The van der Waals surface area contributed by atoms with E-state index in [1.165, 1.54) is 18.5 Å². The Morgan fingerprint density at radius 3 is 2.68 bits per heavy atom. The Morgan fingerprint density at radius 1 is 1.18 bits per heavy atom. The van der Waals surface area contributed by atoms with Crippen LogP contribution < -0.4 is 9.46 Å². The van der Waals surface area contributed by atoms with Crippen molar-refractivity contribution in [2.45, 2.75) is 11.8 Å². The molecule has 0 spiro atoms. The molecule has 0 aliphatic heterocycles. The van der Waals surface area contributed by atoms with E-state index >= 15 is 0 Å². The van der Waals surface area contributed by atoms with Gasteiger partial charge in [-0.25, -0.2) is 13.4 Å². The van der Waals surface area contributed by atoms with Gasteiger partial charge in [0.15, 0.2) is 12.0 Å². The molecule has 3 rings (SSSR count). The van der Waals surface area contributed by atoms with Crippen LogP contribution in [0.25, 0.3) is 11.1 Å². The molecule has 22 heavy (non-hydrogen) atoms. The SMILES string of the molecule is CCOc1ccc(S(=O)(=O)Nc2ccc3ncoc3c2)cc1. The highest BCUT2D eigenvalue weighted by Gasteiger charge is 2.15. The first kappa shape index (κ1) is 14.4. The Labute approximate surface area is 127 Å². The second kappa shape index (κ2) is 5.69. The third-order valence-electron chi connectivity index (χ3n) is 3.03. The van der Waals surface area contributed by atoms with Crippen molar-refractivity contribution in [2.75, 3.05) is 11.3 Å². The Kier molecular flexibility index (Phi) is 3.72. The van der Waals surface area contributed by atoms with Gasteiger partial charge in [0.1, 0.15) is 11.3 Å². The summed E-state index contributed by atoms with van der Waals surface area (Å²) in [5.41, 5.74) is 1.61. The average Bonchev–Trinajstić information content (AvgIpc) is 2.95. The van der Waals surface area contributed by atoms with Crippen molar-refractivity contribution in [1.82, 2.24) is 4.98 Å². The summed E-state index contributed by atoms with van der Waals surface area (Å²) in [7, 11) is -3.66. The maximum atomic E-state index is 12.3. The Morgan fingerprint density at radius 2 is 1.95 bits per heavy atom. The van der Waals surface area contributed by atoms with Crippen LogP contribution in [0.1, 0.15) is 6.92 Å². The number of benzene rings is 2. The topological polar surface area (TPSA) is 81.4 Å². The summed E-state index contributed by atoms with van der Waals surface area (Å²) in [4.78, 5) is 4.14. The summed E-state index contributed by atoms with van der Waals surface area (Å²) in [6.45, 7) is 2.40. The van der Waals surface area contributed by atoms with Gasteiger partial charge in [-0.15, -0.1) is 0 Å². The standard InChI is InChI=1S/C15H14N2O4S/c1-2-20-12-4-6-13(7-5-12)22(18,19)17-11-3-8-14-15(9-11)21-10-16-14/h3-10,17H,2H2,1H3. The van der Waals surface area contributed by atoms with Crippen LogP contribution in [-0.2, 0) is 10.0 Å². The molecule has 1 N–H and O–H groups in total. The maximum Gasteiger partial charge on any atom is 0.261 e. The summed E-state index contributed by atoms with van der Waals surface area (Å²) in [5.74, 6) is 0.629. The molecule has 0 atom stereocenters. The molecule has 3 aromatic rings. The molecule has 0 aliphatic rings. The van der Waals surface area contributed by atoms with Gasteiger partial charge >= 0.3 is 0 Å². The molecule has 0 unspecified atom stereocenters. The molecule has 0 aliphatic carbocycles. The smallest absolute Gasteiger partial charge is 0.261 e. The number of hydrogen-bond acceptors (Lipinski definition) is 5. The number of ether oxygens (including phenoxy) is 1. The van der Waals surface area contributed by atoms with Gasteiger partial charge in [0.2, 0.25) is 0 Å². The lowest BCUT2D eigenvalue weighted by atomic mass is 10.3. The van der Waals surface area contributed by atoms with E-state index in [4.69, 9.17) is 9.15 Å². The lowest BCUT2D eigenvalue weighted by Crippen LogP contribution is -2.12. The minimum Gasteiger partial charge on any atom is -0.494 e. The normalized spacial score (nSPS) is 11.5. The molecule has 0 amide bonds. The van der Waals surface area contributed by atoms with Crippen LogP contribution in [0.5, 0.6) is 5.75 Å². The van der Waals surface area contributed by atoms with Crippen LogP contribution in [0.4, 0.5) is 5.69 Å². The number of aromatic nitrogens is 1. The van der Waals surface area contributed by atoms with E-state index in [0.717, 1.165) is 0 Å². The average molecular weight is 318 g/mol. The molecule has 0 fully saturated rings. The van der Waals surface area contributed by atoms with Gasteiger partial charge in [-0.2, -0.15) is 0 Å². The summed E-state index contributed by atoms with van der Waals surface area (Å²) < 4.78 is 37.7. The van der Waals surface area contributed by atoms with E-state index in [1.807, 2.05) is 6.92 Å². The Hall–Kier alpha value is -2.54. The second-order valence-electron chi connectivity index (χ2n) is 4.54. The van der Waals surface area contributed by atoms with Crippen molar-refractivity contribution < 1.29 is 17.6 Å². The van der Waals surface area contributed by atoms with Crippen molar-refractivity contribution in [3.63, 3.8) is 0 Å². The largest absolute Gasteiger partial charge is 0.494 e. The van der Waals surface area contributed by atoms with E-state index < -0.39 is 10.0 Å². The van der Waals surface area contributed by atoms with Gasteiger partial charge in [0, 0.05) is 6.07 Å². The van der Waals surface area contributed by atoms with Crippen LogP contribution in [-0.4, -0.2) is 20.0 Å². The van der Waals surface area contributed by atoms with Gasteiger partial charge in [0.25, 0.3) is 10.0 Å². The molecule has 7 heteroatoms. The van der Waals surface area contributed by atoms with Crippen molar-refractivity contribution >= 4 is 26.8 Å². The highest BCUT2D eigenvalue weighted by Crippen LogP contribution is 2.22. The first-order valence-corrected chi connectivity index (χ1v) is 8.16. The summed E-state index contributed by atoms with van der Waals surface area (Å²) in [6, 6.07) is 11.2. The zero-order chi connectivity index (χ0) is 15.6. The minimum absolute atomic E-state index is 0.161. The first-order chi connectivity index (χ1) is 10.6. The van der Waals surface area contributed by atoms with Gasteiger partial charge in [-0.1, -0.05) is 0 Å². The molecule has 6 nitrogen and oxygen atoms in total. The number of anilines is 1. The highest BCUT2D eigenvalue weighted by atomic mass is 32.2. The first-order valence-electron chi connectivity index (χ1n) is 6.67. The van der Waals surface area contributed by atoms with E-state index in [9.17, 15) is 8.42 Å². The molecule has 0 saturated carbocycles. The maximum absolute atomic E-state index is 12.3. The van der Waals surface area contributed by atoms with Gasteiger partial charge in [-0.3, -0.25) is 4.72 Å². The van der Waals surface area contributed by atoms with E-state index in [-0.39, 0.29) is 4.90 Å². The number of sulfonamides is 1. The lowest BCUT2D eigenvalue weighted by molar-refractivity contribution is 0.340. The summed E-state index contributed by atoms with van der Waals surface area (Å²) in [6.07, 6.45) is 1.31. The molecule has 0 radical (unpaired) electrons. The molecular weight excluding hydrogens is 304 g/mol. The minimum atomic E-state index is -3.66. The fourth-order valence-corrected chi connectivity index (χ4v) is 3.06. The fourth-order valence-electron chi connectivity index (χ4n) is 2.01. The zero-order valence-corrected chi connectivity index (χ0v) is 12.6. The van der Waals surface area contributed by atoms with Crippen molar-refractivity contribution in [3.05, 3.63) is 48.9 Å². The van der Waals surface area contributed by atoms with Gasteiger partial charge in [0.05, 0.1) is 17.2 Å². The van der Waals surface area contributed by atoms with Crippen LogP contribution >= 0.6 is 0 Å². The number of nitrogens with one attached hydrogen (secondary N) is 1. The third-order valence-corrected chi connectivity index (χ3v) is 4.43. The lowest BCUT2D eigenvalue weighted by Gasteiger charge is -2.09. The van der Waals surface area contributed by atoms with Gasteiger partial charge in [-0.05, 0) is 43.3 Å². The van der Waals surface area contributed by atoms with Crippen LogP contribution in [0.15, 0.2) is 58.2 Å². The molecule has 2 aromatic carbocycles. The van der Waals surface area contributed by atoms with E-state index in [1.54, 1.807) is 30.3 Å². The fraction of sp³-hybridized carbons (Fsp3) is 0.133. The number of fused-ring (bicyclic) bond motifs is 1. The van der Waals surface area contributed by atoms with Gasteiger partial charge < -0.3 is 9.15 Å². The summed E-state index contributed by atoms with van der Waals surface area (Å²) in [5, 5.41) is 0.